The van der Waals surface area contributed by atoms with E-state index in [-0.39, 0.29) is 12.3 Å². The summed E-state index contributed by atoms with van der Waals surface area (Å²) in [5.41, 5.74) is 1.58. The highest BCUT2D eigenvalue weighted by Gasteiger charge is 2.23. The van der Waals surface area contributed by atoms with E-state index in [0.717, 1.165) is 24.2 Å². The van der Waals surface area contributed by atoms with E-state index in [0.29, 0.717) is 18.0 Å². The molecule has 1 saturated carbocycles. The van der Waals surface area contributed by atoms with Crippen molar-refractivity contribution in [3.63, 3.8) is 0 Å². The quantitative estimate of drug-likeness (QED) is 0.693. The van der Waals surface area contributed by atoms with E-state index in [4.69, 9.17) is 0 Å². The van der Waals surface area contributed by atoms with Crippen molar-refractivity contribution in [2.75, 3.05) is 6.61 Å². The van der Waals surface area contributed by atoms with Crippen LogP contribution >= 0.6 is 0 Å². The molecule has 112 valence electrons. The standard InChI is InChI=1S/C15H19N3O3/c19-9-8-17-14-7-6-12(18(20)21)10-13(14)16-15(17)11-4-2-1-3-5-11/h6-7,10-11,19H,1-5,8-9H2. The van der Waals surface area contributed by atoms with E-state index in [9.17, 15) is 15.2 Å². The lowest BCUT2D eigenvalue weighted by Crippen LogP contribution is -2.13. The molecule has 2 aromatic rings. The van der Waals surface area contributed by atoms with Crippen LogP contribution in [0.3, 0.4) is 0 Å². The van der Waals surface area contributed by atoms with Gasteiger partial charge >= 0.3 is 0 Å². The maximum atomic E-state index is 10.9. The molecule has 6 nitrogen and oxygen atoms in total. The number of nitro benzene ring substituents is 1. The number of non-ortho nitro benzene ring substituents is 1. The van der Waals surface area contributed by atoms with Crippen molar-refractivity contribution in [3.8, 4) is 0 Å². The minimum Gasteiger partial charge on any atom is -0.395 e. The number of fused-ring (bicyclic) bond motifs is 1. The highest BCUT2D eigenvalue weighted by Crippen LogP contribution is 2.34. The van der Waals surface area contributed by atoms with Crippen LogP contribution in [0.25, 0.3) is 11.0 Å². The molecule has 1 heterocycles. The SMILES string of the molecule is O=[N+]([O-])c1ccc2c(c1)nc(C1CCCCC1)n2CCO. The molecule has 0 bridgehead atoms. The fourth-order valence-corrected chi connectivity index (χ4v) is 3.26. The molecule has 1 N–H and O–H groups in total. The third-order valence-corrected chi connectivity index (χ3v) is 4.27. The fourth-order valence-electron chi connectivity index (χ4n) is 3.26. The molecule has 3 rings (SSSR count). The number of imidazole rings is 1. The predicted molar refractivity (Wildman–Crippen MR) is 79.3 cm³/mol. The lowest BCUT2D eigenvalue weighted by Gasteiger charge is -2.22. The van der Waals surface area contributed by atoms with E-state index < -0.39 is 4.92 Å². The summed E-state index contributed by atoms with van der Waals surface area (Å²) in [5, 5.41) is 20.2. The summed E-state index contributed by atoms with van der Waals surface area (Å²) in [6.45, 7) is 0.530. The van der Waals surface area contributed by atoms with Gasteiger partial charge in [-0.05, 0) is 18.9 Å². The van der Waals surface area contributed by atoms with Crippen molar-refractivity contribution in [2.45, 2.75) is 44.6 Å². The Bertz CT molecular complexity index is 659. The van der Waals surface area contributed by atoms with Gasteiger partial charge in [-0.15, -0.1) is 0 Å². The zero-order valence-corrected chi connectivity index (χ0v) is 11.9. The first kappa shape index (κ1) is 14.0. The lowest BCUT2D eigenvalue weighted by molar-refractivity contribution is -0.384. The summed E-state index contributed by atoms with van der Waals surface area (Å²) in [5.74, 6) is 1.37. The molecule has 1 aromatic heterocycles. The number of hydrogen-bond acceptors (Lipinski definition) is 4. The number of aliphatic hydroxyl groups excluding tert-OH is 1. The zero-order valence-electron chi connectivity index (χ0n) is 11.9. The van der Waals surface area contributed by atoms with E-state index in [1.54, 1.807) is 6.07 Å². The summed E-state index contributed by atoms with van der Waals surface area (Å²) in [6.07, 6.45) is 5.89. The van der Waals surface area contributed by atoms with Crippen LogP contribution in [0.4, 0.5) is 5.69 Å². The van der Waals surface area contributed by atoms with E-state index in [2.05, 4.69) is 4.98 Å². The molecule has 0 unspecified atom stereocenters. The second kappa shape index (κ2) is 5.81. The Labute approximate surface area is 122 Å². The topological polar surface area (TPSA) is 81.2 Å². The Hall–Kier alpha value is -1.95. The third-order valence-electron chi connectivity index (χ3n) is 4.27. The number of hydrogen-bond donors (Lipinski definition) is 1. The van der Waals surface area contributed by atoms with Crippen LogP contribution in [0.5, 0.6) is 0 Å². The smallest absolute Gasteiger partial charge is 0.271 e. The van der Waals surface area contributed by atoms with Crippen LogP contribution in [0.2, 0.25) is 0 Å². The van der Waals surface area contributed by atoms with Gasteiger partial charge in [0.1, 0.15) is 5.82 Å². The molecule has 0 aliphatic heterocycles. The summed E-state index contributed by atoms with van der Waals surface area (Å²) < 4.78 is 2.02. The summed E-state index contributed by atoms with van der Waals surface area (Å²) in [4.78, 5) is 15.1. The Morgan fingerprint density at radius 3 is 2.76 bits per heavy atom. The molecule has 0 saturated heterocycles. The van der Waals surface area contributed by atoms with E-state index in [1.165, 1.54) is 31.4 Å². The normalized spacial score (nSPS) is 16.4. The third kappa shape index (κ3) is 2.63. The highest BCUT2D eigenvalue weighted by molar-refractivity contribution is 5.79. The maximum Gasteiger partial charge on any atom is 0.271 e. The number of nitro groups is 1. The van der Waals surface area contributed by atoms with Gasteiger partial charge in [0.15, 0.2) is 0 Å². The van der Waals surface area contributed by atoms with E-state index in [1.807, 2.05) is 4.57 Å². The van der Waals surface area contributed by atoms with Gasteiger partial charge in [-0.2, -0.15) is 0 Å². The maximum absolute atomic E-state index is 10.9. The molecule has 6 heteroatoms. The fraction of sp³-hybridized carbons (Fsp3) is 0.533. The average Bonchev–Trinajstić information content (AvgIpc) is 2.86. The van der Waals surface area contributed by atoms with Gasteiger partial charge in [-0.3, -0.25) is 10.1 Å². The van der Waals surface area contributed by atoms with Gasteiger partial charge in [0.05, 0.1) is 22.6 Å². The first-order valence-electron chi connectivity index (χ1n) is 7.46. The zero-order chi connectivity index (χ0) is 14.8. The van der Waals surface area contributed by atoms with Gasteiger partial charge in [0.2, 0.25) is 0 Å². The van der Waals surface area contributed by atoms with Gasteiger partial charge in [-0.1, -0.05) is 19.3 Å². The number of rotatable bonds is 4. The first-order valence-corrected chi connectivity index (χ1v) is 7.46. The highest BCUT2D eigenvalue weighted by atomic mass is 16.6. The van der Waals surface area contributed by atoms with Crippen LogP contribution in [-0.2, 0) is 6.54 Å². The van der Waals surface area contributed by atoms with Crippen LogP contribution in [0.1, 0.15) is 43.8 Å². The summed E-state index contributed by atoms with van der Waals surface area (Å²) in [7, 11) is 0. The van der Waals surface area contributed by atoms with Crippen LogP contribution < -0.4 is 0 Å². The molecule has 1 aliphatic rings. The van der Waals surface area contributed by atoms with Gasteiger partial charge in [0, 0.05) is 24.6 Å². The largest absolute Gasteiger partial charge is 0.395 e. The number of benzene rings is 1. The molecule has 0 amide bonds. The summed E-state index contributed by atoms with van der Waals surface area (Å²) >= 11 is 0. The molecule has 1 aromatic carbocycles. The molecule has 0 spiro atoms. The van der Waals surface area contributed by atoms with Crippen molar-refractivity contribution < 1.29 is 10.0 Å². The Balaban J connectivity index is 2.08. The minimum absolute atomic E-state index is 0.0438. The predicted octanol–water partition coefficient (Wildman–Crippen LogP) is 2.98. The number of nitrogens with zero attached hydrogens (tertiary/aromatic N) is 3. The Morgan fingerprint density at radius 1 is 1.33 bits per heavy atom. The lowest BCUT2D eigenvalue weighted by atomic mass is 9.88. The second-order valence-electron chi connectivity index (χ2n) is 5.61. The van der Waals surface area contributed by atoms with Gasteiger partial charge in [0.25, 0.3) is 5.69 Å². The van der Waals surface area contributed by atoms with E-state index >= 15 is 0 Å². The first-order chi connectivity index (χ1) is 10.2. The van der Waals surface area contributed by atoms with Gasteiger partial charge in [-0.25, -0.2) is 4.98 Å². The molecular weight excluding hydrogens is 270 g/mol. The van der Waals surface area contributed by atoms with Crippen molar-refractivity contribution in [1.29, 1.82) is 0 Å². The van der Waals surface area contributed by atoms with Crippen molar-refractivity contribution >= 4 is 16.7 Å². The minimum atomic E-state index is -0.398. The monoisotopic (exact) mass is 289 g/mol. The van der Waals surface area contributed by atoms with Crippen LogP contribution in [-0.4, -0.2) is 26.2 Å². The average molecular weight is 289 g/mol. The van der Waals surface area contributed by atoms with Crippen molar-refractivity contribution in [1.82, 2.24) is 9.55 Å². The van der Waals surface area contributed by atoms with Crippen LogP contribution in [0, 0.1) is 10.1 Å². The molecule has 0 atom stereocenters. The molecular formula is C15H19N3O3. The van der Waals surface area contributed by atoms with Crippen LogP contribution in [0.15, 0.2) is 18.2 Å². The van der Waals surface area contributed by atoms with Gasteiger partial charge < -0.3 is 9.67 Å². The Kier molecular flexibility index (Phi) is 3.88. The number of aromatic nitrogens is 2. The molecule has 1 aliphatic carbocycles. The second-order valence-corrected chi connectivity index (χ2v) is 5.61. The van der Waals surface area contributed by atoms with Crippen molar-refractivity contribution in [2.24, 2.45) is 0 Å². The van der Waals surface area contributed by atoms with Crippen molar-refractivity contribution in [3.05, 3.63) is 34.1 Å². The Morgan fingerprint density at radius 2 is 2.10 bits per heavy atom. The molecule has 0 radical (unpaired) electrons. The number of aliphatic hydroxyl groups is 1. The molecule has 1 fully saturated rings. The summed E-state index contributed by atoms with van der Waals surface area (Å²) in [6, 6.07) is 4.76. The molecule has 21 heavy (non-hydrogen) atoms.